The Morgan fingerprint density at radius 2 is 2.13 bits per heavy atom. The molecule has 0 saturated heterocycles. The van der Waals surface area contributed by atoms with E-state index in [1.807, 2.05) is 20.8 Å². The van der Waals surface area contributed by atoms with Crippen molar-refractivity contribution < 1.29 is 19.2 Å². The fraction of sp³-hybridized carbons (Fsp3) is 0.529. The Morgan fingerprint density at radius 1 is 1.43 bits per heavy atom. The van der Waals surface area contributed by atoms with Crippen LogP contribution in [0.4, 0.5) is 0 Å². The minimum absolute atomic E-state index is 0.0765. The van der Waals surface area contributed by atoms with Crippen LogP contribution in [0.15, 0.2) is 16.7 Å². The van der Waals surface area contributed by atoms with E-state index in [4.69, 9.17) is 9.26 Å². The molecule has 0 bridgehead atoms. The summed E-state index contributed by atoms with van der Waals surface area (Å²) < 4.78 is 11.0. The highest BCUT2D eigenvalue weighted by atomic mass is 16.5. The quantitative estimate of drug-likeness (QED) is 0.795. The summed E-state index contributed by atoms with van der Waals surface area (Å²) >= 11 is 0. The minimum Gasteiger partial charge on any atom is -0.489 e. The number of aromatic nitrogens is 1. The maximum atomic E-state index is 11.8. The molecular formula is C17H24N2O4. The van der Waals surface area contributed by atoms with E-state index in [0.29, 0.717) is 34.5 Å². The molecule has 1 heterocycles. The van der Waals surface area contributed by atoms with Gasteiger partial charge in [0.15, 0.2) is 11.4 Å². The summed E-state index contributed by atoms with van der Waals surface area (Å²) in [6.07, 6.45) is -0.690. The Balaban J connectivity index is 2.19. The van der Waals surface area contributed by atoms with Crippen molar-refractivity contribution in [2.45, 2.75) is 46.3 Å². The number of ketones is 1. The first kappa shape index (κ1) is 17.4. The van der Waals surface area contributed by atoms with Crippen molar-refractivity contribution >= 4 is 16.8 Å². The molecule has 2 N–H and O–H groups in total. The average Bonchev–Trinajstić information content (AvgIpc) is 2.83. The largest absolute Gasteiger partial charge is 0.489 e. The number of aryl methyl sites for hydroxylation is 1. The second-order valence-electron chi connectivity index (χ2n) is 6.74. The second-order valence-corrected chi connectivity index (χ2v) is 6.74. The van der Waals surface area contributed by atoms with Gasteiger partial charge in [-0.3, -0.25) is 4.79 Å². The van der Waals surface area contributed by atoms with E-state index < -0.39 is 6.10 Å². The van der Waals surface area contributed by atoms with Crippen molar-refractivity contribution in [1.29, 1.82) is 0 Å². The number of hydrogen-bond donors (Lipinski definition) is 2. The van der Waals surface area contributed by atoms with E-state index in [0.717, 1.165) is 0 Å². The number of benzene rings is 1. The number of carbonyl (C=O) groups excluding carboxylic acids is 1. The molecule has 0 saturated carbocycles. The number of hydrogen-bond acceptors (Lipinski definition) is 6. The smallest absolute Gasteiger partial charge is 0.170 e. The van der Waals surface area contributed by atoms with Gasteiger partial charge in [0.25, 0.3) is 0 Å². The Kier molecular flexibility index (Phi) is 5.06. The van der Waals surface area contributed by atoms with Crippen LogP contribution < -0.4 is 10.1 Å². The van der Waals surface area contributed by atoms with Crippen molar-refractivity contribution in [3.8, 4) is 5.75 Å². The van der Waals surface area contributed by atoms with Crippen LogP contribution in [0.2, 0.25) is 0 Å². The molecule has 1 atom stereocenters. The van der Waals surface area contributed by atoms with Crippen molar-refractivity contribution in [1.82, 2.24) is 10.5 Å². The molecule has 0 aliphatic heterocycles. The lowest BCUT2D eigenvalue weighted by Crippen LogP contribution is -2.42. The van der Waals surface area contributed by atoms with Crippen LogP contribution in [-0.2, 0) is 0 Å². The van der Waals surface area contributed by atoms with Crippen LogP contribution in [0.1, 0.15) is 43.7 Å². The lowest BCUT2D eigenvalue weighted by molar-refractivity contribution is 0.0955. The molecule has 0 fully saturated rings. The molecule has 6 heteroatoms. The van der Waals surface area contributed by atoms with Crippen LogP contribution in [0, 0.1) is 6.92 Å². The molecule has 0 aliphatic rings. The van der Waals surface area contributed by atoms with Crippen molar-refractivity contribution in [3.05, 3.63) is 23.4 Å². The maximum absolute atomic E-state index is 11.8. The zero-order chi connectivity index (χ0) is 17.2. The van der Waals surface area contributed by atoms with E-state index in [2.05, 4.69) is 10.5 Å². The predicted octanol–water partition coefficient (Wildman–Crippen LogP) is 2.47. The summed E-state index contributed by atoms with van der Waals surface area (Å²) in [5.41, 5.74) is 1.58. The summed E-state index contributed by atoms with van der Waals surface area (Å²) in [5.74, 6) is 0.313. The number of rotatable bonds is 6. The van der Waals surface area contributed by atoms with E-state index in [1.165, 1.54) is 6.92 Å². The highest BCUT2D eigenvalue weighted by Crippen LogP contribution is 2.32. The summed E-state index contributed by atoms with van der Waals surface area (Å²) in [4.78, 5) is 11.8. The van der Waals surface area contributed by atoms with Gasteiger partial charge in [0.2, 0.25) is 0 Å². The first-order chi connectivity index (χ1) is 10.7. The van der Waals surface area contributed by atoms with Gasteiger partial charge in [0, 0.05) is 12.1 Å². The number of nitrogens with zero attached hydrogens (tertiary/aromatic N) is 1. The first-order valence-corrected chi connectivity index (χ1v) is 7.65. The third-order valence-corrected chi connectivity index (χ3v) is 3.43. The van der Waals surface area contributed by atoms with E-state index in [1.54, 1.807) is 19.1 Å². The lowest BCUT2D eigenvalue weighted by atomic mass is 10.1. The Hall–Kier alpha value is -1.92. The van der Waals surface area contributed by atoms with Crippen molar-refractivity contribution in [3.63, 3.8) is 0 Å². The molecular weight excluding hydrogens is 296 g/mol. The van der Waals surface area contributed by atoms with Crippen LogP contribution in [0.5, 0.6) is 5.75 Å². The maximum Gasteiger partial charge on any atom is 0.170 e. The van der Waals surface area contributed by atoms with Gasteiger partial charge >= 0.3 is 0 Å². The van der Waals surface area contributed by atoms with Gasteiger partial charge in [0.05, 0.1) is 16.6 Å². The molecule has 0 aliphatic carbocycles. The first-order valence-electron chi connectivity index (χ1n) is 7.65. The standard InChI is InChI=1S/C17H24N2O4/c1-10-15-14(23-19-10)7-6-13(11(2)20)16(15)22-9-12(21)8-18-17(3,4)5/h6-7,12,18,21H,8-9H2,1-5H3. The van der Waals surface area contributed by atoms with Gasteiger partial charge in [-0.2, -0.15) is 0 Å². The van der Waals surface area contributed by atoms with Crippen molar-refractivity contribution in [2.24, 2.45) is 0 Å². The number of β-amino-alcohol motifs (C(OH)–C–C–N with tert-alkyl or cyclic N) is 1. The molecule has 2 rings (SSSR count). The molecule has 2 aromatic rings. The molecule has 23 heavy (non-hydrogen) atoms. The zero-order valence-electron chi connectivity index (χ0n) is 14.3. The lowest BCUT2D eigenvalue weighted by Gasteiger charge is -2.23. The topological polar surface area (TPSA) is 84.6 Å². The van der Waals surface area contributed by atoms with E-state index >= 15 is 0 Å². The summed E-state index contributed by atoms with van der Waals surface area (Å²) in [6.45, 7) is 9.82. The average molecular weight is 320 g/mol. The van der Waals surface area contributed by atoms with Crippen LogP contribution in [-0.4, -0.2) is 40.8 Å². The Morgan fingerprint density at radius 3 is 2.74 bits per heavy atom. The van der Waals surface area contributed by atoms with Crippen LogP contribution in [0.25, 0.3) is 11.0 Å². The molecule has 6 nitrogen and oxygen atoms in total. The van der Waals surface area contributed by atoms with Gasteiger partial charge in [-0.1, -0.05) is 5.16 Å². The molecule has 0 spiro atoms. The molecule has 1 aromatic carbocycles. The number of carbonyl (C=O) groups is 1. The minimum atomic E-state index is -0.690. The van der Waals surface area contributed by atoms with E-state index in [-0.39, 0.29) is 17.9 Å². The highest BCUT2D eigenvalue weighted by molar-refractivity contribution is 6.03. The monoisotopic (exact) mass is 320 g/mol. The number of Topliss-reactive ketones (excluding diaryl/α,β-unsaturated/α-hetero) is 1. The van der Waals surface area contributed by atoms with Gasteiger partial charge in [-0.25, -0.2) is 0 Å². The molecule has 126 valence electrons. The van der Waals surface area contributed by atoms with Gasteiger partial charge in [-0.05, 0) is 46.8 Å². The summed E-state index contributed by atoms with van der Waals surface area (Å²) in [5, 5.41) is 17.9. The van der Waals surface area contributed by atoms with Crippen molar-refractivity contribution in [2.75, 3.05) is 13.2 Å². The van der Waals surface area contributed by atoms with Crippen LogP contribution in [0.3, 0.4) is 0 Å². The highest BCUT2D eigenvalue weighted by Gasteiger charge is 2.19. The van der Waals surface area contributed by atoms with Crippen LogP contribution >= 0.6 is 0 Å². The Bertz CT molecular complexity index is 700. The van der Waals surface area contributed by atoms with E-state index in [9.17, 15) is 9.90 Å². The third-order valence-electron chi connectivity index (χ3n) is 3.43. The number of fused-ring (bicyclic) bond motifs is 1. The zero-order valence-corrected chi connectivity index (χ0v) is 14.3. The number of ether oxygens (including phenoxy) is 1. The fourth-order valence-corrected chi connectivity index (χ4v) is 2.24. The van der Waals surface area contributed by atoms with Gasteiger partial charge in [0.1, 0.15) is 18.5 Å². The predicted molar refractivity (Wildman–Crippen MR) is 88.0 cm³/mol. The third kappa shape index (κ3) is 4.30. The molecule has 1 aromatic heterocycles. The molecule has 0 radical (unpaired) electrons. The SMILES string of the molecule is CC(=O)c1ccc2onc(C)c2c1OCC(O)CNC(C)(C)C. The number of aliphatic hydroxyl groups excluding tert-OH is 1. The fourth-order valence-electron chi connectivity index (χ4n) is 2.24. The molecule has 1 unspecified atom stereocenters. The second kappa shape index (κ2) is 6.68. The number of nitrogens with one attached hydrogen (secondary N) is 1. The summed E-state index contributed by atoms with van der Waals surface area (Å²) in [7, 11) is 0. The van der Waals surface area contributed by atoms with Gasteiger partial charge in [-0.15, -0.1) is 0 Å². The Labute approximate surface area is 135 Å². The summed E-state index contributed by atoms with van der Waals surface area (Å²) in [6, 6.07) is 3.36. The number of aliphatic hydroxyl groups is 1. The van der Waals surface area contributed by atoms with Gasteiger partial charge < -0.3 is 19.7 Å². The normalized spacial score (nSPS) is 13.3. The molecule has 0 amide bonds.